The quantitative estimate of drug-likeness (QED) is 0.691. The van der Waals surface area contributed by atoms with Crippen LogP contribution in [0.4, 0.5) is 5.69 Å². The molecule has 0 saturated carbocycles. The number of methoxy groups -OCH3 is 1. The van der Waals surface area contributed by atoms with E-state index in [2.05, 4.69) is 0 Å². The van der Waals surface area contributed by atoms with E-state index >= 15 is 0 Å². The van der Waals surface area contributed by atoms with Crippen molar-refractivity contribution in [2.75, 3.05) is 11.5 Å². The van der Waals surface area contributed by atoms with Gasteiger partial charge in [0.15, 0.2) is 0 Å². The summed E-state index contributed by atoms with van der Waals surface area (Å²) in [5.74, 6) is 6.37. The molecule has 0 spiro atoms. The average molecular weight is 292 g/mol. The first-order chi connectivity index (χ1) is 9.45. The maximum atomic E-state index is 12.4. The van der Waals surface area contributed by atoms with Gasteiger partial charge in [-0.3, -0.25) is 0 Å². The van der Waals surface area contributed by atoms with Crippen molar-refractivity contribution < 1.29 is 13.2 Å². The minimum absolute atomic E-state index is 0.154. The van der Waals surface area contributed by atoms with Crippen LogP contribution >= 0.6 is 0 Å². The highest BCUT2D eigenvalue weighted by atomic mass is 32.2. The third-order valence-electron chi connectivity index (χ3n) is 2.90. The Bertz CT molecular complexity index is 679. The number of nitrogens with zero attached hydrogens (tertiary/aromatic N) is 1. The molecule has 0 bridgehead atoms. The van der Waals surface area contributed by atoms with Gasteiger partial charge in [-0.25, -0.2) is 10.3 Å². The van der Waals surface area contributed by atoms with Gasteiger partial charge < -0.3 is 4.74 Å². The fraction of sp³-hybridized carbons (Fsp3) is 0.143. The summed E-state index contributed by atoms with van der Waals surface area (Å²) in [6.45, 7) is 1.89. The Balaban J connectivity index is 2.35. The van der Waals surface area contributed by atoms with Crippen LogP contribution < -0.4 is 15.0 Å². The fourth-order valence-electron chi connectivity index (χ4n) is 1.69. The van der Waals surface area contributed by atoms with Gasteiger partial charge in [-0.15, -0.1) is 0 Å². The molecule has 0 aliphatic carbocycles. The molecular formula is C14H16N2O3S. The summed E-state index contributed by atoms with van der Waals surface area (Å²) in [6, 6.07) is 13.0. The SMILES string of the molecule is COc1ccc(N(N)S(=O)(=O)c2ccc(C)cc2)cc1. The van der Waals surface area contributed by atoms with Crippen LogP contribution in [0.15, 0.2) is 53.4 Å². The zero-order valence-corrected chi connectivity index (χ0v) is 12.1. The summed E-state index contributed by atoms with van der Waals surface area (Å²) in [4.78, 5) is 0.154. The van der Waals surface area contributed by atoms with E-state index in [0.29, 0.717) is 11.4 Å². The second kappa shape index (κ2) is 5.52. The minimum Gasteiger partial charge on any atom is -0.497 e. The largest absolute Gasteiger partial charge is 0.497 e. The molecule has 5 nitrogen and oxygen atoms in total. The van der Waals surface area contributed by atoms with Crippen molar-refractivity contribution in [3.8, 4) is 5.75 Å². The van der Waals surface area contributed by atoms with Gasteiger partial charge in [-0.05, 0) is 43.3 Å². The zero-order chi connectivity index (χ0) is 14.8. The van der Waals surface area contributed by atoms with E-state index in [-0.39, 0.29) is 4.90 Å². The van der Waals surface area contributed by atoms with Crippen molar-refractivity contribution in [2.45, 2.75) is 11.8 Å². The number of nitrogens with two attached hydrogens (primary N) is 1. The van der Waals surface area contributed by atoms with Gasteiger partial charge in [-0.2, -0.15) is 8.42 Å². The highest BCUT2D eigenvalue weighted by molar-refractivity contribution is 7.92. The van der Waals surface area contributed by atoms with Crippen molar-refractivity contribution in [1.82, 2.24) is 0 Å². The van der Waals surface area contributed by atoms with Gasteiger partial charge in [0.1, 0.15) is 5.75 Å². The second-order valence-corrected chi connectivity index (χ2v) is 6.13. The summed E-state index contributed by atoms with van der Waals surface area (Å²) in [7, 11) is -2.22. The number of sulfonamides is 1. The number of benzene rings is 2. The van der Waals surface area contributed by atoms with Gasteiger partial charge in [0.2, 0.25) is 0 Å². The van der Waals surface area contributed by atoms with Crippen LogP contribution in [0, 0.1) is 6.92 Å². The predicted molar refractivity (Wildman–Crippen MR) is 78.0 cm³/mol. The average Bonchev–Trinajstić information content (AvgIpc) is 2.47. The van der Waals surface area contributed by atoms with Crippen molar-refractivity contribution in [1.29, 1.82) is 0 Å². The molecule has 2 rings (SSSR count). The van der Waals surface area contributed by atoms with E-state index < -0.39 is 10.0 Å². The molecule has 0 aromatic heterocycles. The third-order valence-corrected chi connectivity index (χ3v) is 4.50. The van der Waals surface area contributed by atoms with E-state index in [9.17, 15) is 8.42 Å². The summed E-state index contributed by atoms with van der Waals surface area (Å²) in [6.07, 6.45) is 0. The van der Waals surface area contributed by atoms with Crippen LogP contribution in [0.2, 0.25) is 0 Å². The molecule has 20 heavy (non-hydrogen) atoms. The highest BCUT2D eigenvalue weighted by Gasteiger charge is 2.21. The van der Waals surface area contributed by atoms with Crippen LogP contribution in [0.5, 0.6) is 5.75 Å². The number of aryl methyl sites for hydroxylation is 1. The van der Waals surface area contributed by atoms with Gasteiger partial charge in [0.25, 0.3) is 10.0 Å². The summed E-state index contributed by atoms with van der Waals surface area (Å²) in [5, 5.41) is 0. The van der Waals surface area contributed by atoms with E-state index in [1.807, 2.05) is 6.92 Å². The Morgan fingerprint density at radius 1 is 1.00 bits per heavy atom. The molecule has 0 radical (unpaired) electrons. The van der Waals surface area contributed by atoms with Crippen molar-refractivity contribution in [2.24, 2.45) is 5.84 Å². The van der Waals surface area contributed by atoms with Gasteiger partial charge in [0.05, 0.1) is 17.7 Å². The fourth-order valence-corrected chi connectivity index (χ4v) is 2.80. The molecule has 2 aromatic rings. The molecule has 6 heteroatoms. The molecule has 2 aromatic carbocycles. The molecule has 0 amide bonds. The topological polar surface area (TPSA) is 72.6 Å². The molecule has 0 unspecified atom stereocenters. The lowest BCUT2D eigenvalue weighted by molar-refractivity contribution is 0.415. The van der Waals surface area contributed by atoms with Crippen LogP contribution in [0.25, 0.3) is 0 Å². The summed E-state index contributed by atoms with van der Waals surface area (Å²) in [5.41, 5.74) is 1.35. The number of rotatable bonds is 4. The Hall–Kier alpha value is -2.05. The Kier molecular flexibility index (Phi) is 3.96. The Labute approximate surface area is 118 Å². The van der Waals surface area contributed by atoms with Gasteiger partial charge in [-0.1, -0.05) is 17.7 Å². The molecule has 0 aliphatic heterocycles. The molecule has 0 aliphatic rings. The van der Waals surface area contributed by atoms with E-state index in [4.69, 9.17) is 10.6 Å². The van der Waals surface area contributed by atoms with Crippen LogP contribution in [-0.4, -0.2) is 15.5 Å². The van der Waals surface area contributed by atoms with Crippen LogP contribution in [-0.2, 0) is 10.0 Å². The number of hydrogen-bond donors (Lipinski definition) is 1. The molecule has 0 saturated heterocycles. The zero-order valence-electron chi connectivity index (χ0n) is 11.3. The van der Waals surface area contributed by atoms with Crippen LogP contribution in [0.1, 0.15) is 5.56 Å². The minimum atomic E-state index is -3.76. The maximum absolute atomic E-state index is 12.4. The summed E-state index contributed by atoms with van der Waals surface area (Å²) < 4.78 is 30.5. The number of ether oxygens (including phenoxy) is 1. The standard InChI is InChI=1S/C14H16N2O3S/c1-11-3-9-14(10-4-11)20(17,18)16(15)12-5-7-13(19-2)8-6-12/h3-10H,15H2,1-2H3. The molecule has 0 atom stereocenters. The first kappa shape index (κ1) is 14.4. The Morgan fingerprint density at radius 3 is 2.05 bits per heavy atom. The van der Waals surface area contributed by atoms with Crippen LogP contribution in [0.3, 0.4) is 0 Å². The third kappa shape index (κ3) is 2.76. The lowest BCUT2D eigenvalue weighted by atomic mass is 10.2. The Morgan fingerprint density at radius 2 is 1.55 bits per heavy atom. The monoisotopic (exact) mass is 292 g/mol. The number of anilines is 1. The molecule has 106 valence electrons. The number of hydrazine groups is 1. The molecule has 2 N–H and O–H groups in total. The summed E-state index contributed by atoms with van der Waals surface area (Å²) >= 11 is 0. The molecular weight excluding hydrogens is 276 g/mol. The molecule has 0 fully saturated rings. The van der Waals surface area contributed by atoms with Crippen molar-refractivity contribution >= 4 is 15.7 Å². The van der Waals surface area contributed by atoms with Gasteiger partial charge in [0, 0.05) is 0 Å². The predicted octanol–water partition coefficient (Wildman–Crippen LogP) is 2.07. The highest BCUT2D eigenvalue weighted by Crippen LogP contribution is 2.23. The van der Waals surface area contributed by atoms with E-state index in [0.717, 1.165) is 9.98 Å². The smallest absolute Gasteiger partial charge is 0.277 e. The molecule has 0 heterocycles. The number of hydrogen-bond acceptors (Lipinski definition) is 4. The van der Waals surface area contributed by atoms with Crippen molar-refractivity contribution in [3.63, 3.8) is 0 Å². The first-order valence-electron chi connectivity index (χ1n) is 5.96. The first-order valence-corrected chi connectivity index (χ1v) is 7.40. The van der Waals surface area contributed by atoms with E-state index in [1.165, 1.54) is 19.2 Å². The normalized spacial score (nSPS) is 11.2. The maximum Gasteiger partial charge on any atom is 0.277 e. The van der Waals surface area contributed by atoms with Gasteiger partial charge >= 0.3 is 0 Å². The second-order valence-electron chi connectivity index (χ2n) is 4.31. The lowest BCUT2D eigenvalue weighted by Gasteiger charge is -2.19. The lowest BCUT2D eigenvalue weighted by Crippen LogP contribution is -2.37. The van der Waals surface area contributed by atoms with Crippen molar-refractivity contribution in [3.05, 3.63) is 54.1 Å². The van der Waals surface area contributed by atoms with E-state index in [1.54, 1.807) is 36.4 Å².